The maximum atomic E-state index is 12.5. The van der Waals surface area contributed by atoms with Crippen molar-refractivity contribution in [3.63, 3.8) is 0 Å². The van der Waals surface area contributed by atoms with Gasteiger partial charge < -0.3 is 10.5 Å². The number of nitrogens with zero attached hydrogens (tertiary/aromatic N) is 1. The van der Waals surface area contributed by atoms with Gasteiger partial charge in [0.25, 0.3) is 0 Å². The van der Waals surface area contributed by atoms with Gasteiger partial charge in [-0.2, -0.15) is 13.2 Å². The molecule has 0 aliphatic heterocycles. The van der Waals surface area contributed by atoms with Gasteiger partial charge in [-0.15, -0.1) is 0 Å². The largest absolute Gasteiger partial charge is 0.455 e. The van der Waals surface area contributed by atoms with Crippen molar-refractivity contribution in [3.8, 4) is 11.5 Å². The zero-order chi connectivity index (χ0) is 14.0. The molecule has 19 heavy (non-hydrogen) atoms. The van der Waals surface area contributed by atoms with E-state index in [0.717, 1.165) is 16.7 Å². The van der Waals surface area contributed by atoms with E-state index in [1.54, 1.807) is 24.3 Å². The van der Waals surface area contributed by atoms with Gasteiger partial charge in [0.2, 0.25) is 0 Å². The minimum Gasteiger partial charge on any atom is -0.455 e. The molecule has 0 bridgehead atoms. The first-order chi connectivity index (χ1) is 8.86. The van der Waals surface area contributed by atoms with E-state index in [1.165, 1.54) is 0 Å². The summed E-state index contributed by atoms with van der Waals surface area (Å²) in [6, 6.07) is 7.40. The third kappa shape index (κ3) is 3.37. The molecule has 2 rings (SSSR count). The van der Waals surface area contributed by atoms with Gasteiger partial charge in [0.1, 0.15) is 11.4 Å². The number of rotatable bonds is 2. The van der Waals surface area contributed by atoms with E-state index in [4.69, 9.17) is 10.5 Å². The second-order valence-electron chi connectivity index (χ2n) is 3.66. The van der Waals surface area contributed by atoms with Crippen LogP contribution in [0.25, 0.3) is 0 Å². The van der Waals surface area contributed by atoms with Gasteiger partial charge in [-0.25, -0.2) is 4.98 Å². The van der Waals surface area contributed by atoms with Crippen LogP contribution in [-0.2, 0) is 6.18 Å². The normalized spacial score (nSPS) is 11.4. The van der Waals surface area contributed by atoms with Crippen LogP contribution in [0.3, 0.4) is 0 Å². The molecule has 3 nitrogen and oxygen atoms in total. The Labute approximate surface area is 115 Å². The van der Waals surface area contributed by atoms with Crippen molar-refractivity contribution in [2.24, 2.45) is 0 Å². The van der Waals surface area contributed by atoms with Crippen LogP contribution in [0.15, 0.2) is 41.0 Å². The summed E-state index contributed by atoms with van der Waals surface area (Å²) in [5.41, 5.74) is 4.54. The lowest BCUT2D eigenvalue weighted by atomic mass is 10.3. The number of alkyl halides is 3. The van der Waals surface area contributed by atoms with E-state index in [-0.39, 0.29) is 11.4 Å². The van der Waals surface area contributed by atoms with Gasteiger partial charge >= 0.3 is 6.18 Å². The van der Waals surface area contributed by atoms with Crippen molar-refractivity contribution >= 4 is 21.6 Å². The quantitative estimate of drug-likeness (QED) is 0.894. The number of hydrogen-bond donors (Lipinski definition) is 1. The number of benzene rings is 1. The number of nitrogens with two attached hydrogens (primary N) is 1. The van der Waals surface area contributed by atoms with Crippen LogP contribution in [0, 0.1) is 0 Å². The third-order valence-electron chi connectivity index (χ3n) is 2.23. The summed E-state index contributed by atoms with van der Waals surface area (Å²) in [5.74, 6) is 0.305. The lowest BCUT2D eigenvalue weighted by Gasteiger charge is -2.11. The van der Waals surface area contributed by atoms with Crippen LogP contribution >= 0.6 is 15.9 Å². The van der Waals surface area contributed by atoms with E-state index in [1.807, 2.05) is 0 Å². The Morgan fingerprint density at radius 2 is 1.79 bits per heavy atom. The topological polar surface area (TPSA) is 48.1 Å². The highest BCUT2D eigenvalue weighted by Crippen LogP contribution is 2.34. The summed E-state index contributed by atoms with van der Waals surface area (Å²) in [6.45, 7) is 0. The van der Waals surface area contributed by atoms with E-state index in [0.29, 0.717) is 5.75 Å². The monoisotopic (exact) mass is 332 g/mol. The Morgan fingerprint density at radius 3 is 2.37 bits per heavy atom. The van der Waals surface area contributed by atoms with E-state index < -0.39 is 11.9 Å². The van der Waals surface area contributed by atoms with Crippen LogP contribution in [0.2, 0.25) is 0 Å². The Bertz CT molecular complexity index is 585. The number of anilines is 1. The van der Waals surface area contributed by atoms with Crippen molar-refractivity contribution in [2.75, 3.05) is 5.73 Å². The van der Waals surface area contributed by atoms with Gasteiger partial charge in [0.15, 0.2) is 5.75 Å². The van der Waals surface area contributed by atoms with Crippen molar-refractivity contribution in [2.45, 2.75) is 6.18 Å². The second-order valence-corrected chi connectivity index (χ2v) is 4.58. The highest BCUT2D eigenvalue weighted by Gasteiger charge is 2.33. The van der Waals surface area contributed by atoms with Crippen LogP contribution < -0.4 is 10.5 Å². The zero-order valence-corrected chi connectivity index (χ0v) is 11.0. The molecule has 2 N–H and O–H groups in total. The molecule has 0 fully saturated rings. The summed E-state index contributed by atoms with van der Waals surface area (Å²) >= 11 is 3.24. The first kappa shape index (κ1) is 13.7. The number of pyridine rings is 1. The van der Waals surface area contributed by atoms with Crippen molar-refractivity contribution in [1.29, 1.82) is 0 Å². The molecule has 0 aliphatic carbocycles. The van der Waals surface area contributed by atoms with Crippen LogP contribution in [-0.4, -0.2) is 4.98 Å². The molecule has 7 heteroatoms. The number of nitrogen functional groups attached to an aromatic ring is 1. The average Bonchev–Trinajstić information content (AvgIpc) is 2.33. The molecule has 0 aliphatic rings. The maximum Gasteiger partial charge on any atom is 0.433 e. The van der Waals surface area contributed by atoms with Gasteiger partial charge in [0.05, 0.1) is 11.9 Å². The molecule has 1 aromatic carbocycles. The minimum atomic E-state index is -4.54. The number of halogens is 4. The van der Waals surface area contributed by atoms with Gasteiger partial charge in [-0.1, -0.05) is 15.9 Å². The molecular weight excluding hydrogens is 325 g/mol. The molecule has 1 aromatic heterocycles. The third-order valence-corrected chi connectivity index (χ3v) is 2.76. The fourth-order valence-electron chi connectivity index (χ4n) is 1.32. The Morgan fingerprint density at radius 1 is 1.16 bits per heavy atom. The molecular formula is C12H8BrF3N2O. The molecule has 0 saturated carbocycles. The highest BCUT2D eigenvalue weighted by molar-refractivity contribution is 9.10. The lowest BCUT2D eigenvalue weighted by Crippen LogP contribution is -2.08. The first-order valence-electron chi connectivity index (χ1n) is 5.12. The molecule has 2 aromatic rings. The molecule has 1 heterocycles. The standard InChI is InChI=1S/C12H8BrF3N2O/c13-7-1-3-8(4-2-7)19-10-5-11(12(14,15)16)18-6-9(10)17/h1-6H,17H2. The van der Waals surface area contributed by atoms with E-state index >= 15 is 0 Å². The predicted octanol–water partition coefficient (Wildman–Crippen LogP) is 4.24. The summed E-state index contributed by atoms with van der Waals surface area (Å²) in [4.78, 5) is 3.23. The summed E-state index contributed by atoms with van der Waals surface area (Å²) in [7, 11) is 0. The smallest absolute Gasteiger partial charge is 0.433 e. The molecule has 0 unspecified atom stereocenters. The van der Waals surface area contributed by atoms with Crippen molar-refractivity contribution in [1.82, 2.24) is 4.98 Å². The lowest BCUT2D eigenvalue weighted by molar-refractivity contribution is -0.141. The van der Waals surface area contributed by atoms with Gasteiger partial charge in [-0.3, -0.25) is 0 Å². The van der Waals surface area contributed by atoms with E-state index in [9.17, 15) is 13.2 Å². The minimum absolute atomic E-state index is 0.0379. The summed E-state index contributed by atoms with van der Waals surface area (Å²) in [5, 5.41) is 0. The molecule has 0 spiro atoms. The van der Waals surface area contributed by atoms with Crippen LogP contribution in [0.5, 0.6) is 11.5 Å². The first-order valence-corrected chi connectivity index (χ1v) is 5.92. The zero-order valence-electron chi connectivity index (χ0n) is 9.41. The SMILES string of the molecule is Nc1cnc(C(F)(F)F)cc1Oc1ccc(Br)cc1. The number of hydrogen-bond acceptors (Lipinski definition) is 3. The molecule has 0 atom stereocenters. The molecule has 0 radical (unpaired) electrons. The second kappa shape index (κ2) is 5.08. The van der Waals surface area contributed by atoms with Crippen molar-refractivity contribution in [3.05, 3.63) is 46.7 Å². The molecule has 100 valence electrons. The Kier molecular flexibility index (Phi) is 3.66. The molecule has 0 saturated heterocycles. The Balaban J connectivity index is 2.31. The van der Waals surface area contributed by atoms with E-state index in [2.05, 4.69) is 20.9 Å². The van der Waals surface area contributed by atoms with Gasteiger partial charge in [-0.05, 0) is 24.3 Å². The highest BCUT2D eigenvalue weighted by atomic mass is 79.9. The fraction of sp³-hybridized carbons (Fsp3) is 0.0833. The Hall–Kier alpha value is -1.76. The fourth-order valence-corrected chi connectivity index (χ4v) is 1.58. The summed E-state index contributed by atoms with van der Waals surface area (Å²) < 4.78 is 43.7. The number of ether oxygens (including phenoxy) is 1. The predicted molar refractivity (Wildman–Crippen MR) is 67.9 cm³/mol. The maximum absolute atomic E-state index is 12.5. The van der Waals surface area contributed by atoms with Gasteiger partial charge in [0, 0.05) is 10.5 Å². The van der Waals surface area contributed by atoms with Crippen LogP contribution in [0.4, 0.5) is 18.9 Å². The van der Waals surface area contributed by atoms with Crippen LogP contribution in [0.1, 0.15) is 5.69 Å². The molecule has 0 amide bonds. The average molecular weight is 333 g/mol. The number of aromatic nitrogens is 1. The van der Waals surface area contributed by atoms with Crippen molar-refractivity contribution < 1.29 is 17.9 Å². The summed E-state index contributed by atoms with van der Waals surface area (Å²) in [6.07, 6.45) is -3.61.